The van der Waals surface area contributed by atoms with Gasteiger partial charge in [0.05, 0.1) is 18.5 Å². The molecule has 0 aliphatic rings. The summed E-state index contributed by atoms with van der Waals surface area (Å²) in [5.41, 5.74) is 1.71. The van der Waals surface area contributed by atoms with Crippen molar-refractivity contribution in [1.29, 1.82) is 0 Å². The lowest BCUT2D eigenvalue weighted by molar-refractivity contribution is -0.147. The van der Waals surface area contributed by atoms with Crippen LogP contribution >= 0.6 is 23.6 Å². The van der Waals surface area contributed by atoms with E-state index in [-0.39, 0.29) is 12.5 Å². The minimum Gasteiger partial charge on any atom is -0.493 e. The maximum atomic E-state index is 12.6. The third kappa shape index (κ3) is 4.74. The van der Waals surface area contributed by atoms with Gasteiger partial charge in [-0.05, 0) is 36.8 Å². The zero-order valence-corrected chi connectivity index (χ0v) is 17.0. The Labute approximate surface area is 172 Å². The Balaban J connectivity index is 1.96. The van der Waals surface area contributed by atoms with Gasteiger partial charge in [0.2, 0.25) is 5.88 Å². The number of aliphatic imine (C=N–C) groups is 1. The molecule has 0 amide bonds. The van der Waals surface area contributed by atoms with Gasteiger partial charge in [-0.3, -0.25) is 9.56 Å². The number of carbonyl (C=O) groups excluding carboxylic acids is 1. The molecule has 0 saturated heterocycles. The number of thiazole rings is 1. The van der Waals surface area contributed by atoms with Crippen molar-refractivity contribution in [3.63, 3.8) is 0 Å². The first-order chi connectivity index (χ1) is 13.6. The topological polar surface area (TPSA) is 63.8 Å². The maximum Gasteiger partial charge on any atom is 0.329 e. The molecule has 0 unspecified atom stereocenters. The molecule has 3 rings (SSSR count). The monoisotopic (exact) mass is 412 g/mol. The van der Waals surface area contributed by atoms with Crippen molar-refractivity contribution in [2.24, 2.45) is 4.99 Å². The third-order valence-electron chi connectivity index (χ3n) is 4.07. The van der Waals surface area contributed by atoms with E-state index in [0.29, 0.717) is 15.3 Å². The van der Waals surface area contributed by atoms with E-state index in [1.165, 1.54) is 15.9 Å². The second-order valence-electron chi connectivity index (χ2n) is 5.98. The van der Waals surface area contributed by atoms with Gasteiger partial charge in [-0.1, -0.05) is 59.9 Å². The minimum absolute atomic E-state index is 0.0799. The van der Waals surface area contributed by atoms with Gasteiger partial charge in [-0.15, -0.1) is 0 Å². The summed E-state index contributed by atoms with van der Waals surface area (Å²) in [6, 6.07) is 18.2. The van der Waals surface area contributed by atoms with Crippen LogP contribution in [0.1, 0.15) is 23.4 Å². The molecule has 5 nitrogen and oxygen atoms in total. The van der Waals surface area contributed by atoms with Gasteiger partial charge in [0.15, 0.2) is 3.95 Å². The van der Waals surface area contributed by atoms with Crippen LogP contribution in [0.15, 0.2) is 65.7 Å². The molecule has 3 aromatic rings. The van der Waals surface area contributed by atoms with Gasteiger partial charge < -0.3 is 9.84 Å². The number of rotatable bonds is 7. The highest BCUT2D eigenvalue weighted by atomic mass is 32.1. The maximum absolute atomic E-state index is 12.6. The van der Waals surface area contributed by atoms with Crippen LogP contribution in [0.4, 0.5) is 5.69 Å². The van der Waals surface area contributed by atoms with Crippen molar-refractivity contribution in [2.75, 3.05) is 6.61 Å². The van der Waals surface area contributed by atoms with Gasteiger partial charge in [0.25, 0.3) is 0 Å². The second-order valence-corrected chi connectivity index (χ2v) is 7.65. The van der Waals surface area contributed by atoms with Gasteiger partial charge in [0.1, 0.15) is 10.9 Å². The van der Waals surface area contributed by atoms with E-state index >= 15 is 0 Å². The Morgan fingerprint density at radius 2 is 1.86 bits per heavy atom. The van der Waals surface area contributed by atoms with E-state index in [1.54, 1.807) is 13.1 Å². The number of benzene rings is 2. The molecule has 1 heterocycles. The van der Waals surface area contributed by atoms with E-state index in [2.05, 4.69) is 4.99 Å². The van der Waals surface area contributed by atoms with Crippen LogP contribution in [0.3, 0.4) is 0 Å². The average Bonchev–Trinajstić information content (AvgIpc) is 2.99. The molecule has 144 valence electrons. The van der Waals surface area contributed by atoms with Crippen molar-refractivity contribution in [3.05, 3.63) is 75.1 Å². The second kappa shape index (κ2) is 9.43. The van der Waals surface area contributed by atoms with E-state index in [1.807, 2.05) is 60.7 Å². The molecule has 0 spiro atoms. The van der Waals surface area contributed by atoms with Gasteiger partial charge in [-0.25, -0.2) is 4.79 Å². The van der Waals surface area contributed by atoms with E-state index < -0.39 is 12.0 Å². The molecule has 0 fully saturated rings. The highest BCUT2D eigenvalue weighted by molar-refractivity contribution is 7.73. The lowest BCUT2D eigenvalue weighted by Gasteiger charge is -2.18. The molecule has 0 aliphatic heterocycles. The summed E-state index contributed by atoms with van der Waals surface area (Å²) < 4.78 is 7.08. The summed E-state index contributed by atoms with van der Waals surface area (Å²) in [4.78, 5) is 17.5. The number of hydrogen-bond acceptors (Lipinski definition) is 6. The van der Waals surface area contributed by atoms with E-state index in [4.69, 9.17) is 17.0 Å². The fraction of sp³-hybridized carbons (Fsp3) is 0.190. The van der Waals surface area contributed by atoms with E-state index in [9.17, 15) is 9.90 Å². The lowest BCUT2D eigenvalue weighted by Crippen LogP contribution is -2.24. The van der Waals surface area contributed by atoms with Crippen molar-refractivity contribution >= 4 is 41.4 Å². The number of hydrogen-bond donors (Lipinski definition) is 1. The first-order valence-electron chi connectivity index (χ1n) is 8.84. The third-order valence-corrected chi connectivity index (χ3v) is 5.40. The highest BCUT2D eigenvalue weighted by Crippen LogP contribution is 2.31. The summed E-state index contributed by atoms with van der Waals surface area (Å²) in [5, 5.41) is 10.8. The Bertz CT molecular complexity index is 1010. The van der Waals surface area contributed by atoms with E-state index in [0.717, 1.165) is 11.3 Å². The SMILES string of the molecule is CCOC(=O)[C@H](Cc1ccccc1)n1c(O)c(C=Nc2ccccc2)sc1=S. The summed E-state index contributed by atoms with van der Waals surface area (Å²) in [6.07, 6.45) is 1.93. The minimum atomic E-state index is -0.745. The quantitative estimate of drug-likeness (QED) is 0.334. The molecule has 0 aliphatic carbocycles. The Kier molecular flexibility index (Phi) is 6.73. The largest absolute Gasteiger partial charge is 0.493 e. The van der Waals surface area contributed by atoms with Crippen molar-refractivity contribution in [1.82, 2.24) is 4.57 Å². The first kappa shape index (κ1) is 20.0. The van der Waals surface area contributed by atoms with Gasteiger partial charge in [-0.2, -0.15) is 0 Å². The Morgan fingerprint density at radius 3 is 2.50 bits per heavy atom. The van der Waals surface area contributed by atoms with Crippen LogP contribution in [0, 0.1) is 3.95 Å². The molecular weight excluding hydrogens is 392 g/mol. The predicted octanol–water partition coefficient (Wildman–Crippen LogP) is 5.08. The van der Waals surface area contributed by atoms with Crippen LogP contribution in [0.5, 0.6) is 5.88 Å². The molecule has 7 heteroatoms. The van der Waals surface area contributed by atoms with Crippen molar-refractivity contribution < 1.29 is 14.6 Å². The number of esters is 1. The summed E-state index contributed by atoms with van der Waals surface area (Å²) >= 11 is 6.64. The fourth-order valence-corrected chi connectivity index (χ4v) is 4.03. The zero-order valence-electron chi connectivity index (χ0n) is 15.3. The molecular formula is C21H20N2O3S2. The van der Waals surface area contributed by atoms with Crippen LogP contribution in [-0.2, 0) is 16.0 Å². The van der Waals surface area contributed by atoms with Crippen LogP contribution in [0.25, 0.3) is 0 Å². The summed E-state index contributed by atoms with van der Waals surface area (Å²) in [7, 11) is 0. The Morgan fingerprint density at radius 1 is 1.21 bits per heavy atom. The average molecular weight is 413 g/mol. The summed E-state index contributed by atoms with van der Waals surface area (Å²) in [5.74, 6) is -0.509. The molecule has 0 saturated carbocycles. The number of carbonyl (C=O) groups is 1. The molecule has 1 aromatic heterocycles. The Hall–Kier alpha value is -2.77. The molecule has 0 radical (unpaired) electrons. The van der Waals surface area contributed by atoms with Gasteiger partial charge >= 0.3 is 5.97 Å². The van der Waals surface area contributed by atoms with Crippen LogP contribution in [0.2, 0.25) is 0 Å². The molecule has 28 heavy (non-hydrogen) atoms. The highest BCUT2D eigenvalue weighted by Gasteiger charge is 2.27. The van der Waals surface area contributed by atoms with Crippen molar-refractivity contribution in [2.45, 2.75) is 19.4 Å². The molecule has 2 aromatic carbocycles. The van der Waals surface area contributed by atoms with Crippen LogP contribution in [-0.4, -0.2) is 28.5 Å². The molecule has 1 N–H and O–H groups in total. The number of nitrogens with zero attached hydrogens (tertiary/aromatic N) is 2. The number of aromatic hydroxyl groups is 1. The normalized spacial score (nSPS) is 12.2. The summed E-state index contributed by atoms with van der Waals surface area (Å²) in [6.45, 7) is 2.01. The number of aromatic nitrogens is 1. The standard InChI is InChI=1S/C21H20N2O3S2/c1-2-26-20(25)17(13-15-9-5-3-6-10-15)23-19(24)18(28-21(23)27)14-22-16-11-7-4-8-12-16/h3-12,14,17,24H,2,13H2,1H3/t17-/m0/s1. The zero-order chi connectivity index (χ0) is 19.9. The van der Waals surface area contributed by atoms with Crippen LogP contribution < -0.4 is 0 Å². The van der Waals surface area contributed by atoms with Crippen molar-refractivity contribution in [3.8, 4) is 5.88 Å². The number of ether oxygens (including phenoxy) is 1. The first-order valence-corrected chi connectivity index (χ1v) is 10.1. The lowest BCUT2D eigenvalue weighted by atomic mass is 10.1. The fourth-order valence-electron chi connectivity index (χ4n) is 2.76. The molecule has 1 atom stereocenters. The van der Waals surface area contributed by atoms with Gasteiger partial charge in [0, 0.05) is 6.42 Å². The number of para-hydroxylation sites is 1. The predicted molar refractivity (Wildman–Crippen MR) is 114 cm³/mol. The smallest absolute Gasteiger partial charge is 0.329 e. The molecule has 0 bridgehead atoms.